The van der Waals surface area contributed by atoms with Crippen molar-refractivity contribution in [3.8, 4) is 0 Å². The van der Waals surface area contributed by atoms with Gasteiger partial charge in [-0.25, -0.2) is 0 Å². The first-order valence-electron chi connectivity index (χ1n) is 5.63. The van der Waals surface area contributed by atoms with Gasteiger partial charge in [0.25, 0.3) is 0 Å². The van der Waals surface area contributed by atoms with E-state index in [0.29, 0.717) is 18.9 Å². The molecule has 0 aromatic heterocycles. The number of nitrogens with zero attached hydrogens (tertiary/aromatic N) is 1. The van der Waals surface area contributed by atoms with Crippen LogP contribution in [-0.2, 0) is 4.79 Å². The van der Waals surface area contributed by atoms with Crippen molar-refractivity contribution in [2.75, 3.05) is 19.6 Å². The van der Waals surface area contributed by atoms with Gasteiger partial charge in [-0.1, -0.05) is 20.3 Å². The molecule has 0 saturated heterocycles. The van der Waals surface area contributed by atoms with Gasteiger partial charge in [0.2, 0.25) is 5.91 Å². The second-order valence-electron chi connectivity index (χ2n) is 3.83. The van der Waals surface area contributed by atoms with E-state index < -0.39 is 0 Å². The zero-order chi connectivity index (χ0) is 11.0. The molecule has 0 aliphatic rings. The Morgan fingerprint density at radius 2 is 2.07 bits per heavy atom. The molecule has 84 valence electrons. The lowest BCUT2D eigenvalue weighted by atomic mass is 10.0. The van der Waals surface area contributed by atoms with Gasteiger partial charge in [-0.15, -0.1) is 0 Å². The number of hydrogen-bond acceptors (Lipinski definition) is 2. The molecule has 0 bridgehead atoms. The molecular formula is C11H24N2O. The van der Waals surface area contributed by atoms with Crippen molar-refractivity contribution in [2.24, 2.45) is 11.7 Å². The van der Waals surface area contributed by atoms with E-state index in [1.165, 1.54) is 0 Å². The summed E-state index contributed by atoms with van der Waals surface area (Å²) in [6, 6.07) is 0. The Bertz CT molecular complexity index is 159. The third kappa shape index (κ3) is 5.22. The summed E-state index contributed by atoms with van der Waals surface area (Å²) in [4.78, 5) is 13.6. The van der Waals surface area contributed by atoms with Crippen LogP contribution in [0.2, 0.25) is 0 Å². The normalized spacial score (nSPS) is 12.6. The van der Waals surface area contributed by atoms with Crippen LogP contribution in [0, 0.1) is 5.92 Å². The molecule has 3 heteroatoms. The van der Waals surface area contributed by atoms with Crippen LogP contribution in [0.5, 0.6) is 0 Å². The minimum Gasteiger partial charge on any atom is -0.343 e. The zero-order valence-corrected chi connectivity index (χ0v) is 9.75. The molecule has 0 radical (unpaired) electrons. The molecule has 1 atom stereocenters. The maximum absolute atomic E-state index is 11.7. The highest BCUT2D eigenvalue weighted by Gasteiger charge is 2.13. The second-order valence-corrected chi connectivity index (χ2v) is 3.83. The summed E-state index contributed by atoms with van der Waals surface area (Å²) in [6.45, 7) is 8.53. The number of hydrogen-bond donors (Lipinski definition) is 1. The molecule has 1 unspecified atom stereocenters. The molecule has 0 heterocycles. The smallest absolute Gasteiger partial charge is 0.222 e. The predicted octanol–water partition coefficient (Wildman–Crippen LogP) is 1.62. The Morgan fingerprint density at radius 3 is 2.50 bits per heavy atom. The first-order valence-corrected chi connectivity index (χ1v) is 5.63. The van der Waals surface area contributed by atoms with E-state index in [0.717, 1.165) is 25.9 Å². The first-order chi connectivity index (χ1) is 6.65. The molecule has 0 aliphatic carbocycles. The van der Waals surface area contributed by atoms with Gasteiger partial charge in [-0.3, -0.25) is 4.79 Å². The lowest BCUT2D eigenvalue weighted by molar-refractivity contribution is -0.131. The Hall–Kier alpha value is -0.570. The summed E-state index contributed by atoms with van der Waals surface area (Å²) < 4.78 is 0. The van der Waals surface area contributed by atoms with Crippen molar-refractivity contribution in [1.82, 2.24) is 4.90 Å². The van der Waals surface area contributed by atoms with Gasteiger partial charge < -0.3 is 10.6 Å². The number of carbonyl (C=O) groups excluding carboxylic acids is 1. The minimum atomic E-state index is 0.273. The highest BCUT2D eigenvalue weighted by molar-refractivity contribution is 5.76. The SMILES string of the molecule is CCC(C)CC(=O)N(CC)CCCN. The number of amides is 1. The molecule has 3 nitrogen and oxygen atoms in total. The van der Waals surface area contributed by atoms with Gasteiger partial charge in [-0.05, 0) is 25.8 Å². The highest BCUT2D eigenvalue weighted by Crippen LogP contribution is 2.09. The average molecular weight is 200 g/mol. The van der Waals surface area contributed by atoms with Crippen molar-refractivity contribution >= 4 is 5.91 Å². The van der Waals surface area contributed by atoms with E-state index >= 15 is 0 Å². The average Bonchev–Trinajstić information content (AvgIpc) is 2.18. The third-order valence-corrected chi connectivity index (χ3v) is 2.59. The van der Waals surface area contributed by atoms with Crippen molar-refractivity contribution < 1.29 is 4.79 Å². The van der Waals surface area contributed by atoms with Gasteiger partial charge in [0.1, 0.15) is 0 Å². The predicted molar refractivity (Wildman–Crippen MR) is 60.0 cm³/mol. The molecule has 0 rings (SSSR count). The molecule has 14 heavy (non-hydrogen) atoms. The molecule has 0 saturated carbocycles. The van der Waals surface area contributed by atoms with E-state index in [1.807, 2.05) is 11.8 Å². The van der Waals surface area contributed by atoms with Crippen molar-refractivity contribution in [1.29, 1.82) is 0 Å². The van der Waals surface area contributed by atoms with E-state index in [2.05, 4.69) is 13.8 Å². The highest BCUT2D eigenvalue weighted by atomic mass is 16.2. The molecule has 0 aromatic carbocycles. The molecule has 0 aromatic rings. The van der Waals surface area contributed by atoms with E-state index in [9.17, 15) is 4.79 Å². The summed E-state index contributed by atoms with van der Waals surface area (Å²) in [5.74, 6) is 0.768. The van der Waals surface area contributed by atoms with Crippen LogP contribution in [0.4, 0.5) is 0 Å². The maximum Gasteiger partial charge on any atom is 0.222 e. The summed E-state index contributed by atoms with van der Waals surface area (Å²) in [7, 11) is 0. The summed E-state index contributed by atoms with van der Waals surface area (Å²) in [5, 5.41) is 0. The largest absolute Gasteiger partial charge is 0.343 e. The second kappa shape index (κ2) is 7.80. The van der Waals surface area contributed by atoms with Crippen molar-refractivity contribution in [3.63, 3.8) is 0 Å². The summed E-state index contributed by atoms with van der Waals surface area (Å²) in [6.07, 6.45) is 2.65. The Balaban J connectivity index is 3.90. The van der Waals surface area contributed by atoms with E-state index in [-0.39, 0.29) is 5.91 Å². The van der Waals surface area contributed by atoms with Crippen LogP contribution in [0.15, 0.2) is 0 Å². The molecule has 0 fully saturated rings. The van der Waals surface area contributed by atoms with Crippen LogP contribution >= 0.6 is 0 Å². The molecule has 1 amide bonds. The minimum absolute atomic E-state index is 0.273. The van der Waals surface area contributed by atoms with Gasteiger partial charge in [0.05, 0.1) is 0 Å². The van der Waals surface area contributed by atoms with Gasteiger partial charge in [0.15, 0.2) is 0 Å². The topological polar surface area (TPSA) is 46.3 Å². The fourth-order valence-electron chi connectivity index (χ4n) is 1.31. The molecule has 0 aliphatic heterocycles. The standard InChI is InChI=1S/C11H24N2O/c1-4-10(3)9-11(14)13(5-2)8-6-7-12/h10H,4-9,12H2,1-3H3. The van der Waals surface area contributed by atoms with Crippen LogP contribution in [0.1, 0.15) is 40.0 Å². The Labute approximate surface area is 87.6 Å². The van der Waals surface area contributed by atoms with Gasteiger partial charge in [-0.2, -0.15) is 0 Å². The summed E-state index contributed by atoms with van der Waals surface area (Å²) >= 11 is 0. The van der Waals surface area contributed by atoms with Crippen molar-refractivity contribution in [3.05, 3.63) is 0 Å². The van der Waals surface area contributed by atoms with Gasteiger partial charge in [0, 0.05) is 19.5 Å². The zero-order valence-electron chi connectivity index (χ0n) is 9.75. The quantitative estimate of drug-likeness (QED) is 0.679. The first kappa shape index (κ1) is 13.4. The van der Waals surface area contributed by atoms with Crippen molar-refractivity contribution in [2.45, 2.75) is 40.0 Å². The summed E-state index contributed by atoms with van der Waals surface area (Å²) in [5.41, 5.74) is 5.42. The molecule has 2 N–H and O–H groups in total. The molecular weight excluding hydrogens is 176 g/mol. The maximum atomic E-state index is 11.7. The Morgan fingerprint density at radius 1 is 1.43 bits per heavy atom. The van der Waals surface area contributed by atoms with E-state index in [1.54, 1.807) is 0 Å². The monoisotopic (exact) mass is 200 g/mol. The fourth-order valence-corrected chi connectivity index (χ4v) is 1.31. The number of carbonyl (C=O) groups is 1. The lowest BCUT2D eigenvalue weighted by Gasteiger charge is -2.22. The number of nitrogens with two attached hydrogens (primary N) is 1. The Kier molecular flexibility index (Phi) is 7.48. The molecule has 0 spiro atoms. The van der Waals surface area contributed by atoms with Crippen LogP contribution in [0.25, 0.3) is 0 Å². The van der Waals surface area contributed by atoms with Crippen LogP contribution in [-0.4, -0.2) is 30.4 Å². The van der Waals surface area contributed by atoms with Gasteiger partial charge >= 0.3 is 0 Å². The van der Waals surface area contributed by atoms with Crippen LogP contribution < -0.4 is 5.73 Å². The fraction of sp³-hybridized carbons (Fsp3) is 0.909. The van der Waals surface area contributed by atoms with Crippen LogP contribution in [0.3, 0.4) is 0 Å². The van der Waals surface area contributed by atoms with E-state index in [4.69, 9.17) is 5.73 Å². The third-order valence-electron chi connectivity index (χ3n) is 2.59. The lowest BCUT2D eigenvalue weighted by Crippen LogP contribution is -2.33. The number of rotatable bonds is 7.